The van der Waals surface area contributed by atoms with Gasteiger partial charge in [0.1, 0.15) is 5.75 Å². The van der Waals surface area contributed by atoms with Gasteiger partial charge in [-0.25, -0.2) is 4.79 Å². The first-order valence-corrected chi connectivity index (χ1v) is 5.75. The minimum atomic E-state index is -0.433. The summed E-state index contributed by atoms with van der Waals surface area (Å²) in [6.07, 6.45) is 0.825. The molecule has 17 heavy (non-hydrogen) atoms. The Balaban J connectivity index is 2.52. The highest BCUT2D eigenvalue weighted by Crippen LogP contribution is 2.36. The molecule has 4 nitrogen and oxygen atoms in total. The highest BCUT2D eigenvalue weighted by atomic mass is 16.5. The fourth-order valence-electron chi connectivity index (χ4n) is 2.22. The van der Waals surface area contributed by atoms with Gasteiger partial charge in [0.05, 0.1) is 12.3 Å². The van der Waals surface area contributed by atoms with Gasteiger partial charge in [-0.2, -0.15) is 0 Å². The van der Waals surface area contributed by atoms with Crippen molar-refractivity contribution in [3.05, 3.63) is 23.8 Å². The molecule has 0 bridgehead atoms. The molecule has 1 heterocycles. The number of rotatable bonds is 1. The maximum absolute atomic E-state index is 11.7. The minimum Gasteiger partial charge on any atom is -0.493 e. The summed E-state index contributed by atoms with van der Waals surface area (Å²) in [5.41, 5.74) is 7.08. The summed E-state index contributed by atoms with van der Waals surface area (Å²) in [6, 6.07) is 5.30. The van der Waals surface area contributed by atoms with Crippen molar-refractivity contribution in [2.45, 2.75) is 32.7 Å². The number of benzene rings is 1. The van der Waals surface area contributed by atoms with E-state index in [1.807, 2.05) is 39.0 Å². The first-order valence-electron chi connectivity index (χ1n) is 5.75. The van der Waals surface area contributed by atoms with Gasteiger partial charge in [-0.3, -0.25) is 4.90 Å². The molecule has 4 heteroatoms. The molecule has 0 saturated carbocycles. The quantitative estimate of drug-likeness (QED) is 0.810. The summed E-state index contributed by atoms with van der Waals surface area (Å²) in [5, 5.41) is 0. The Morgan fingerprint density at radius 1 is 1.41 bits per heavy atom. The predicted molar refractivity (Wildman–Crippen MR) is 67.5 cm³/mol. The van der Waals surface area contributed by atoms with Crippen LogP contribution >= 0.6 is 0 Å². The lowest BCUT2D eigenvalue weighted by molar-refractivity contribution is 0.249. The third kappa shape index (κ3) is 2.07. The van der Waals surface area contributed by atoms with Gasteiger partial charge >= 0.3 is 6.03 Å². The number of nitrogens with zero attached hydrogens (tertiary/aromatic N) is 1. The van der Waals surface area contributed by atoms with Crippen LogP contribution in [0.5, 0.6) is 5.75 Å². The van der Waals surface area contributed by atoms with Crippen LogP contribution < -0.4 is 15.4 Å². The van der Waals surface area contributed by atoms with E-state index < -0.39 is 6.03 Å². The summed E-state index contributed by atoms with van der Waals surface area (Å²) >= 11 is 0. The molecule has 92 valence electrons. The van der Waals surface area contributed by atoms with Crippen molar-refractivity contribution in [2.75, 3.05) is 11.5 Å². The zero-order chi connectivity index (χ0) is 12.6. The normalized spacial score (nSPS) is 14.1. The van der Waals surface area contributed by atoms with E-state index >= 15 is 0 Å². The standard InChI is InChI=1S/C13H18N2O2/c1-13(2,3)15(12(14)16)10-5-4-6-11-9(10)7-8-17-11/h4-6H,7-8H2,1-3H3,(H2,14,16). The van der Waals surface area contributed by atoms with E-state index in [0.29, 0.717) is 6.61 Å². The number of amides is 2. The van der Waals surface area contributed by atoms with Crippen molar-refractivity contribution in [1.29, 1.82) is 0 Å². The van der Waals surface area contributed by atoms with Crippen LogP contribution in [-0.4, -0.2) is 18.2 Å². The van der Waals surface area contributed by atoms with E-state index in [4.69, 9.17) is 10.5 Å². The lowest BCUT2D eigenvalue weighted by Crippen LogP contribution is -2.49. The number of ether oxygens (including phenoxy) is 1. The molecular weight excluding hydrogens is 216 g/mol. The lowest BCUT2D eigenvalue weighted by Gasteiger charge is -2.35. The maximum atomic E-state index is 11.7. The molecule has 0 unspecified atom stereocenters. The second-order valence-electron chi connectivity index (χ2n) is 5.20. The summed E-state index contributed by atoms with van der Waals surface area (Å²) in [6.45, 7) is 6.57. The van der Waals surface area contributed by atoms with Crippen LogP contribution in [0.1, 0.15) is 26.3 Å². The average Bonchev–Trinajstić information content (AvgIpc) is 2.63. The fourth-order valence-corrected chi connectivity index (χ4v) is 2.22. The van der Waals surface area contributed by atoms with Gasteiger partial charge in [0.25, 0.3) is 0 Å². The average molecular weight is 234 g/mol. The molecule has 1 aliphatic heterocycles. The van der Waals surface area contributed by atoms with Gasteiger partial charge in [0.15, 0.2) is 0 Å². The van der Waals surface area contributed by atoms with Gasteiger partial charge in [-0.05, 0) is 32.9 Å². The number of urea groups is 1. The molecule has 1 aromatic rings. The number of hydrogen-bond donors (Lipinski definition) is 1. The topological polar surface area (TPSA) is 55.6 Å². The van der Waals surface area contributed by atoms with Gasteiger partial charge in [-0.15, -0.1) is 0 Å². The molecule has 0 fully saturated rings. The number of primary amides is 1. The molecule has 0 saturated heterocycles. The van der Waals surface area contributed by atoms with E-state index in [1.165, 1.54) is 0 Å². The summed E-state index contributed by atoms with van der Waals surface area (Å²) in [5.74, 6) is 0.859. The Morgan fingerprint density at radius 2 is 2.12 bits per heavy atom. The largest absolute Gasteiger partial charge is 0.493 e. The Bertz CT molecular complexity index is 449. The van der Waals surface area contributed by atoms with Gasteiger partial charge in [0, 0.05) is 17.5 Å². The van der Waals surface area contributed by atoms with Crippen molar-refractivity contribution in [1.82, 2.24) is 0 Å². The molecule has 0 aromatic heterocycles. The second kappa shape index (κ2) is 3.95. The van der Waals surface area contributed by atoms with E-state index in [0.717, 1.165) is 23.4 Å². The zero-order valence-electron chi connectivity index (χ0n) is 10.5. The molecule has 2 N–H and O–H groups in total. The smallest absolute Gasteiger partial charge is 0.319 e. The van der Waals surface area contributed by atoms with Gasteiger partial charge in [-0.1, -0.05) is 6.07 Å². The van der Waals surface area contributed by atoms with E-state index in [-0.39, 0.29) is 5.54 Å². The van der Waals surface area contributed by atoms with Crippen molar-refractivity contribution >= 4 is 11.7 Å². The van der Waals surface area contributed by atoms with Crippen LogP contribution in [0, 0.1) is 0 Å². The molecule has 1 aliphatic rings. The number of fused-ring (bicyclic) bond motifs is 1. The van der Waals surface area contributed by atoms with Crippen LogP contribution in [0.2, 0.25) is 0 Å². The Kier molecular flexibility index (Phi) is 2.73. The fraction of sp³-hybridized carbons (Fsp3) is 0.462. The highest BCUT2D eigenvalue weighted by Gasteiger charge is 2.30. The monoisotopic (exact) mass is 234 g/mol. The Morgan fingerprint density at radius 3 is 2.71 bits per heavy atom. The van der Waals surface area contributed by atoms with E-state index in [2.05, 4.69) is 0 Å². The summed E-state index contributed by atoms with van der Waals surface area (Å²) < 4.78 is 5.50. The molecule has 2 rings (SSSR count). The van der Waals surface area contributed by atoms with Crippen molar-refractivity contribution in [3.63, 3.8) is 0 Å². The third-order valence-electron chi connectivity index (χ3n) is 2.85. The summed E-state index contributed by atoms with van der Waals surface area (Å²) in [4.78, 5) is 13.3. The molecule has 1 aromatic carbocycles. The molecule has 0 spiro atoms. The van der Waals surface area contributed by atoms with Crippen molar-refractivity contribution in [3.8, 4) is 5.75 Å². The first-order chi connectivity index (χ1) is 7.91. The minimum absolute atomic E-state index is 0.344. The first kappa shape index (κ1) is 11.8. The Labute approximate surface area is 101 Å². The van der Waals surface area contributed by atoms with Crippen LogP contribution in [-0.2, 0) is 6.42 Å². The van der Waals surface area contributed by atoms with Crippen LogP contribution in [0.3, 0.4) is 0 Å². The highest BCUT2D eigenvalue weighted by molar-refractivity contribution is 5.93. The van der Waals surface area contributed by atoms with Crippen LogP contribution in [0.15, 0.2) is 18.2 Å². The number of hydrogen-bond acceptors (Lipinski definition) is 2. The van der Waals surface area contributed by atoms with Gasteiger partial charge < -0.3 is 10.5 Å². The predicted octanol–water partition coefficient (Wildman–Crippen LogP) is 2.31. The maximum Gasteiger partial charge on any atom is 0.319 e. The number of anilines is 1. The van der Waals surface area contributed by atoms with E-state index in [1.54, 1.807) is 4.90 Å². The molecule has 0 aliphatic carbocycles. The third-order valence-corrected chi connectivity index (χ3v) is 2.85. The molecular formula is C13H18N2O2. The lowest BCUT2D eigenvalue weighted by atomic mass is 10.0. The second-order valence-corrected chi connectivity index (χ2v) is 5.20. The van der Waals surface area contributed by atoms with Crippen LogP contribution in [0.4, 0.5) is 10.5 Å². The number of carbonyl (C=O) groups excluding carboxylic acids is 1. The van der Waals surface area contributed by atoms with Gasteiger partial charge in [0.2, 0.25) is 0 Å². The van der Waals surface area contributed by atoms with E-state index in [9.17, 15) is 4.79 Å². The Hall–Kier alpha value is -1.71. The van der Waals surface area contributed by atoms with Crippen LogP contribution in [0.25, 0.3) is 0 Å². The molecule has 2 amide bonds. The zero-order valence-corrected chi connectivity index (χ0v) is 10.5. The van der Waals surface area contributed by atoms with Crippen molar-refractivity contribution in [2.24, 2.45) is 5.73 Å². The number of carbonyl (C=O) groups is 1. The van der Waals surface area contributed by atoms with Crippen molar-refractivity contribution < 1.29 is 9.53 Å². The number of nitrogens with two attached hydrogens (primary N) is 1. The molecule has 0 atom stereocenters. The summed E-state index contributed by atoms with van der Waals surface area (Å²) in [7, 11) is 0. The molecule has 0 radical (unpaired) electrons. The SMILES string of the molecule is CC(C)(C)N(C(N)=O)c1cccc2c1CCO2.